The number of nitrogens with one attached hydrogen (secondary N) is 1. The number of anilines is 1. The predicted octanol–water partition coefficient (Wildman–Crippen LogP) is 5.31. The number of nitrogens with two attached hydrogens (primary N) is 2. The van der Waals surface area contributed by atoms with Crippen LogP contribution in [0.3, 0.4) is 0 Å². The molecule has 68 heavy (non-hydrogen) atoms. The van der Waals surface area contributed by atoms with E-state index in [1.807, 2.05) is 37.8 Å². The first kappa shape index (κ1) is 49.3. The van der Waals surface area contributed by atoms with E-state index in [1.165, 1.54) is 41.7 Å². The molecule has 0 radical (unpaired) electrons. The van der Waals surface area contributed by atoms with Crippen LogP contribution in [0.4, 0.5) is 10.6 Å². The number of nitrogens with zero attached hydrogens (tertiary/aromatic N) is 7. The van der Waals surface area contributed by atoms with Crippen molar-refractivity contribution < 1.29 is 40.6 Å². The summed E-state index contributed by atoms with van der Waals surface area (Å²) in [5.74, 6) is 1.82. The molecule has 2 aromatic heterocycles. The van der Waals surface area contributed by atoms with Crippen LogP contribution in [-0.4, -0.2) is 110 Å². The van der Waals surface area contributed by atoms with E-state index in [9.17, 15) is 4.79 Å². The minimum Gasteiger partial charge on any atom is -0.497 e. The van der Waals surface area contributed by atoms with Crippen LogP contribution in [0.2, 0.25) is 0 Å². The second-order valence-corrected chi connectivity index (χ2v) is 20.9. The van der Waals surface area contributed by atoms with E-state index in [0.717, 1.165) is 5.56 Å². The van der Waals surface area contributed by atoms with Gasteiger partial charge in [0.05, 0.1) is 33.4 Å². The summed E-state index contributed by atoms with van der Waals surface area (Å²) in [6.07, 6.45) is 0.919. The maximum atomic E-state index is 16.1. The van der Waals surface area contributed by atoms with Gasteiger partial charge in [0.1, 0.15) is 39.5 Å². The lowest BCUT2D eigenvalue weighted by Gasteiger charge is -2.37. The number of nitrogen functional groups attached to an aromatic ring is 1. The van der Waals surface area contributed by atoms with Crippen LogP contribution >= 0.6 is 0 Å². The number of rotatable bonds is 19. The molecule has 0 saturated carbocycles. The van der Waals surface area contributed by atoms with Crippen LogP contribution in [0, 0.1) is 5.41 Å². The van der Waals surface area contributed by atoms with Gasteiger partial charge >= 0.3 is 6.09 Å². The number of ether oxygens (including phenoxy) is 4. The summed E-state index contributed by atoms with van der Waals surface area (Å²) in [6, 6.07) is 26.1. The number of likely N-dealkylation sites (tertiary alicyclic amines) is 1. The van der Waals surface area contributed by atoms with Gasteiger partial charge in [-0.15, -0.1) is 10.2 Å². The lowest BCUT2D eigenvalue weighted by atomic mass is 9.86. The Hall–Kier alpha value is -6.65. The summed E-state index contributed by atoms with van der Waals surface area (Å²) in [4.78, 5) is 18.1. The summed E-state index contributed by atoms with van der Waals surface area (Å²) >= 11 is 0. The number of carbonyl (C=O) groups excluding carboxylic acids is 1. The van der Waals surface area contributed by atoms with E-state index >= 15 is 16.8 Å². The molecular weight excluding hydrogens is 913 g/mol. The number of hydrogen-bond acceptors (Lipinski definition) is 15. The first-order valence-corrected chi connectivity index (χ1v) is 24.6. The second kappa shape index (κ2) is 20.7. The molecule has 1 aliphatic heterocycles. The van der Waals surface area contributed by atoms with E-state index in [0.29, 0.717) is 46.9 Å². The molecule has 2 atom stereocenters. The van der Waals surface area contributed by atoms with Crippen molar-refractivity contribution >= 4 is 32.0 Å². The van der Waals surface area contributed by atoms with Gasteiger partial charge in [-0.3, -0.25) is 4.90 Å². The molecule has 19 nitrogen and oxygen atoms in total. The Bertz CT molecular complexity index is 2860. The minimum atomic E-state index is -4.91. The highest BCUT2D eigenvalue weighted by Gasteiger charge is 2.41. The van der Waals surface area contributed by atoms with Gasteiger partial charge in [-0.25, -0.2) is 31.3 Å². The van der Waals surface area contributed by atoms with Gasteiger partial charge in [0, 0.05) is 50.0 Å². The van der Waals surface area contributed by atoms with Gasteiger partial charge in [0.2, 0.25) is 25.9 Å². The molecular formula is C47H56N10O9S2. The molecule has 1 saturated heterocycles. The van der Waals surface area contributed by atoms with E-state index < -0.39 is 42.0 Å². The number of carbonyl (C=O) groups is 1. The van der Waals surface area contributed by atoms with E-state index in [1.54, 1.807) is 79.9 Å². The van der Waals surface area contributed by atoms with Crippen molar-refractivity contribution in [3.63, 3.8) is 0 Å². The van der Waals surface area contributed by atoms with Crippen LogP contribution < -0.4 is 30.4 Å². The lowest BCUT2D eigenvalue weighted by Crippen LogP contribution is -2.48. The highest BCUT2D eigenvalue weighted by atomic mass is 32.2. The first-order valence-electron chi connectivity index (χ1n) is 21.6. The fourth-order valence-electron chi connectivity index (χ4n) is 8.10. The molecule has 1 amide bonds. The molecule has 0 bridgehead atoms. The number of sulfonamides is 2. The van der Waals surface area contributed by atoms with E-state index in [-0.39, 0.29) is 67.0 Å². The number of benzene rings is 4. The Labute approximate surface area is 396 Å². The molecule has 1 aliphatic rings. The number of amides is 1. The number of tetrazole rings is 1. The Morgan fingerprint density at radius 1 is 0.824 bits per heavy atom. The number of methoxy groups -OCH3 is 3. The smallest absolute Gasteiger partial charge is 0.404 e. The van der Waals surface area contributed by atoms with Gasteiger partial charge in [0.15, 0.2) is 0 Å². The zero-order valence-electron chi connectivity index (χ0n) is 38.7. The highest BCUT2D eigenvalue weighted by Crippen LogP contribution is 2.42. The molecule has 21 heteroatoms. The Morgan fingerprint density at radius 2 is 1.40 bits per heavy atom. The molecule has 0 spiro atoms. The molecule has 3 heterocycles. The monoisotopic (exact) mass is 968 g/mol. The van der Waals surface area contributed by atoms with Gasteiger partial charge in [-0.1, -0.05) is 63.2 Å². The number of primary amides is 1. The SMILES string of the molecule is COc1ccc(CN(Cc2ccc(OC)cc2)S(=O)(=O)c2c(S(=O)(=O)NC3CCN([C@@H](COC(N)=O)C(C)(C)C)C3)ccc(-c3ccc(N)nc3)c2-c2nnn(Cc3ccc(OC)cc3)n2)cc1. The maximum absolute atomic E-state index is 16.1. The minimum absolute atomic E-state index is 0.00408. The normalized spacial score (nSPS) is 15.0. The molecule has 4 aromatic carbocycles. The van der Waals surface area contributed by atoms with Crippen LogP contribution in [0.5, 0.6) is 17.2 Å². The van der Waals surface area contributed by atoms with Crippen LogP contribution in [-0.2, 0) is 44.4 Å². The predicted molar refractivity (Wildman–Crippen MR) is 254 cm³/mol. The summed E-state index contributed by atoms with van der Waals surface area (Å²) in [5, 5.41) is 13.4. The molecule has 0 aliphatic carbocycles. The fraction of sp³-hybridized carbons (Fsp3) is 0.340. The van der Waals surface area contributed by atoms with Gasteiger partial charge in [-0.05, 0) is 93.9 Å². The molecule has 1 fully saturated rings. The average Bonchev–Trinajstić information content (AvgIpc) is 3.98. The standard InChI is InChI=1S/C47H56N10O9S2/c1-47(2,3)41(30-66-46(49)58)55-24-23-35(29-55)53-67(59,60)40-21-20-39(34-13-22-42(48)50-25-34)43(45-51-54-57(52-45)28-33-11-18-38(65-6)19-12-33)44(40)68(61,62)56(26-31-7-14-36(63-4)15-8-31)27-32-9-16-37(64-5)17-10-32/h7-22,25,35,41,53H,23-24,26-30H2,1-6H3,(H2,48,50)(H2,49,58)/t35?,41-/m0/s1. The Morgan fingerprint density at radius 3 is 1.91 bits per heavy atom. The summed E-state index contributed by atoms with van der Waals surface area (Å²) < 4.78 is 87.8. The quantitative estimate of drug-likeness (QED) is 0.0930. The maximum Gasteiger partial charge on any atom is 0.404 e. The zero-order valence-corrected chi connectivity index (χ0v) is 40.3. The van der Waals surface area contributed by atoms with E-state index in [2.05, 4.69) is 20.0 Å². The summed E-state index contributed by atoms with van der Waals surface area (Å²) in [7, 11) is -4.98. The molecule has 1 unspecified atom stereocenters. The number of aromatic nitrogens is 5. The molecule has 360 valence electrons. The van der Waals surface area contributed by atoms with Crippen LogP contribution in [0.25, 0.3) is 22.5 Å². The second-order valence-electron chi connectivity index (χ2n) is 17.4. The van der Waals surface area contributed by atoms with Gasteiger partial charge in [0.25, 0.3) is 0 Å². The lowest BCUT2D eigenvalue weighted by molar-refractivity contribution is 0.0504. The van der Waals surface area contributed by atoms with Crippen molar-refractivity contribution in [2.75, 3.05) is 46.8 Å². The molecule has 7 rings (SSSR count). The zero-order chi connectivity index (χ0) is 48.8. The van der Waals surface area contributed by atoms with Crippen molar-refractivity contribution in [2.45, 2.75) is 68.7 Å². The Kier molecular flexibility index (Phi) is 15.0. The van der Waals surface area contributed by atoms with Crippen molar-refractivity contribution in [3.05, 3.63) is 120 Å². The third-order valence-corrected chi connectivity index (χ3v) is 15.2. The first-order chi connectivity index (χ1) is 32.4. The van der Waals surface area contributed by atoms with Crippen molar-refractivity contribution in [1.82, 2.24) is 39.1 Å². The Balaban J connectivity index is 1.42. The fourth-order valence-corrected chi connectivity index (χ4v) is 11.8. The summed E-state index contributed by atoms with van der Waals surface area (Å²) in [5.41, 5.74) is 13.5. The number of pyridine rings is 1. The van der Waals surface area contributed by atoms with Gasteiger partial charge in [-0.2, -0.15) is 9.10 Å². The van der Waals surface area contributed by atoms with Crippen LogP contribution in [0.1, 0.15) is 43.9 Å². The molecule has 5 N–H and O–H groups in total. The number of hydrogen-bond donors (Lipinski definition) is 3. The third kappa shape index (κ3) is 11.5. The third-order valence-electron chi connectivity index (χ3n) is 11.7. The molecule has 6 aromatic rings. The van der Waals surface area contributed by atoms with Crippen molar-refractivity contribution in [3.8, 4) is 39.8 Å². The van der Waals surface area contributed by atoms with Crippen molar-refractivity contribution in [2.24, 2.45) is 11.1 Å². The largest absolute Gasteiger partial charge is 0.497 e. The van der Waals surface area contributed by atoms with E-state index in [4.69, 9.17) is 35.5 Å². The topological polar surface area (TPSA) is 249 Å². The van der Waals surface area contributed by atoms with Crippen molar-refractivity contribution in [1.29, 1.82) is 0 Å². The average molecular weight is 969 g/mol. The highest BCUT2D eigenvalue weighted by molar-refractivity contribution is 7.92. The van der Waals surface area contributed by atoms with Crippen LogP contribution in [0.15, 0.2) is 113 Å². The summed E-state index contributed by atoms with van der Waals surface area (Å²) in [6.45, 7) is 6.41. The van der Waals surface area contributed by atoms with Gasteiger partial charge < -0.3 is 30.4 Å².